The molecule has 1 fully saturated rings. The Kier molecular flexibility index (Phi) is 8.00. The largest absolute Gasteiger partial charge is 0.338 e. The van der Waals surface area contributed by atoms with E-state index in [1.165, 1.54) is 0 Å². The lowest BCUT2D eigenvalue weighted by molar-refractivity contribution is 0.115. The molecule has 25 heavy (non-hydrogen) atoms. The van der Waals surface area contributed by atoms with Crippen molar-refractivity contribution in [3.63, 3.8) is 0 Å². The normalized spacial score (nSPS) is 17.3. The van der Waals surface area contributed by atoms with Gasteiger partial charge < -0.3 is 20.9 Å². The summed E-state index contributed by atoms with van der Waals surface area (Å²) in [5.41, 5.74) is 6.93. The van der Waals surface area contributed by atoms with Gasteiger partial charge in [0.25, 0.3) is 0 Å². The van der Waals surface area contributed by atoms with Crippen LogP contribution >= 0.6 is 11.6 Å². The van der Waals surface area contributed by atoms with E-state index in [1.54, 1.807) is 0 Å². The molecule has 1 aromatic rings. The predicted octanol–water partition coefficient (Wildman–Crippen LogP) is 3.07. The first-order chi connectivity index (χ1) is 12.0. The molecular weight excluding hydrogens is 336 g/mol. The minimum Gasteiger partial charge on any atom is -0.338 e. The minimum atomic E-state index is 0.0107. The van der Waals surface area contributed by atoms with Crippen molar-refractivity contribution in [3.8, 4) is 0 Å². The van der Waals surface area contributed by atoms with Crippen molar-refractivity contribution in [2.45, 2.75) is 51.7 Å². The van der Waals surface area contributed by atoms with Gasteiger partial charge in [-0.25, -0.2) is 4.79 Å². The highest BCUT2D eigenvalue weighted by atomic mass is 35.5. The van der Waals surface area contributed by atoms with Gasteiger partial charge in [0.15, 0.2) is 0 Å². The van der Waals surface area contributed by atoms with Crippen molar-refractivity contribution in [1.82, 2.24) is 15.1 Å². The third kappa shape index (κ3) is 6.49. The number of nitrogens with one attached hydrogen (secondary N) is 1. The predicted molar refractivity (Wildman–Crippen MR) is 104 cm³/mol. The number of piperidine rings is 1. The zero-order valence-corrected chi connectivity index (χ0v) is 16.1. The maximum atomic E-state index is 12.6. The molecule has 1 saturated heterocycles. The van der Waals surface area contributed by atoms with Gasteiger partial charge in [-0.2, -0.15) is 0 Å². The Morgan fingerprint density at radius 1 is 1.44 bits per heavy atom. The van der Waals surface area contributed by atoms with E-state index in [0.29, 0.717) is 18.1 Å². The number of hydrogen-bond acceptors (Lipinski definition) is 3. The number of nitrogens with zero attached hydrogens (tertiary/aromatic N) is 2. The molecule has 0 bridgehead atoms. The van der Waals surface area contributed by atoms with Crippen LogP contribution in [-0.4, -0.2) is 54.1 Å². The molecular formula is C19H31ClN4O. The Labute approximate surface area is 156 Å². The van der Waals surface area contributed by atoms with Crippen LogP contribution in [0.3, 0.4) is 0 Å². The van der Waals surface area contributed by atoms with E-state index in [1.807, 2.05) is 36.1 Å². The molecule has 2 rings (SSSR count). The number of carbonyl (C=O) groups is 1. The highest BCUT2D eigenvalue weighted by Crippen LogP contribution is 2.21. The van der Waals surface area contributed by atoms with Gasteiger partial charge in [0.1, 0.15) is 0 Å². The first-order valence-electron chi connectivity index (χ1n) is 9.26. The van der Waals surface area contributed by atoms with Crippen molar-refractivity contribution in [2.75, 3.05) is 26.2 Å². The van der Waals surface area contributed by atoms with E-state index in [2.05, 4.69) is 17.1 Å². The van der Waals surface area contributed by atoms with E-state index in [-0.39, 0.29) is 18.1 Å². The van der Waals surface area contributed by atoms with Gasteiger partial charge in [0, 0.05) is 43.3 Å². The number of carbonyl (C=O) groups excluding carboxylic acids is 1. The average molecular weight is 367 g/mol. The van der Waals surface area contributed by atoms with E-state index < -0.39 is 0 Å². The maximum absolute atomic E-state index is 12.6. The fourth-order valence-electron chi connectivity index (χ4n) is 3.29. The van der Waals surface area contributed by atoms with Crippen LogP contribution in [-0.2, 0) is 6.54 Å². The van der Waals surface area contributed by atoms with Crippen molar-refractivity contribution < 1.29 is 4.79 Å². The molecule has 0 saturated carbocycles. The summed E-state index contributed by atoms with van der Waals surface area (Å²) in [4.78, 5) is 17.0. The average Bonchev–Trinajstić information content (AvgIpc) is 2.58. The Bertz CT molecular complexity index is 544. The first-order valence-corrected chi connectivity index (χ1v) is 9.64. The molecule has 1 heterocycles. The van der Waals surface area contributed by atoms with Gasteiger partial charge >= 0.3 is 6.03 Å². The second kappa shape index (κ2) is 10.00. The standard InChI is InChI=1S/C19H31ClN4O/c1-3-22-19(25)24(14-16-5-4-6-17(20)13-16)18-8-11-23(12-9-18)10-7-15(2)21/h4-6,13,15,18H,3,7-12,14,21H2,1-2H3,(H,22,25). The molecule has 0 spiro atoms. The monoisotopic (exact) mass is 366 g/mol. The first kappa shape index (κ1) is 20.0. The lowest BCUT2D eigenvalue weighted by Crippen LogP contribution is -2.50. The zero-order chi connectivity index (χ0) is 18.2. The maximum Gasteiger partial charge on any atom is 0.317 e. The van der Waals surface area contributed by atoms with Crippen molar-refractivity contribution in [2.24, 2.45) is 5.73 Å². The summed E-state index contributed by atoms with van der Waals surface area (Å²) in [6.07, 6.45) is 3.01. The molecule has 1 atom stereocenters. The molecule has 3 N–H and O–H groups in total. The Balaban J connectivity index is 1.98. The third-order valence-corrected chi connectivity index (χ3v) is 4.96. The van der Waals surface area contributed by atoms with Crippen molar-refractivity contribution >= 4 is 17.6 Å². The van der Waals surface area contributed by atoms with Gasteiger partial charge in [-0.15, -0.1) is 0 Å². The molecule has 1 aliphatic rings. The number of benzene rings is 1. The quantitative estimate of drug-likeness (QED) is 0.779. The number of amides is 2. The van der Waals surface area contributed by atoms with E-state index >= 15 is 0 Å². The minimum absolute atomic E-state index is 0.0107. The van der Waals surface area contributed by atoms with Gasteiger partial charge in [-0.05, 0) is 57.4 Å². The van der Waals surface area contributed by atoms with Crippen LogP contribution < -0.4 is 11.1 Å². The fourth-order valence-corrected chi connectivity index (χ4v) is 3.51. The molecule has 140 valence electrons. The van der Waals surface area contributed by atoms with Crippen LogP contribution in [0.4, 0.5) is 4.79 Å². The molecule has 0 aliphatic carbocycles. The molecule has 5 nitrogen and oxygen atoms in total. The van der Waals surface area contributed by atoms with E-state index in [9.17, 15) is 4.79 Å². The van der Waals surface area contributed by atoms with Crippen molar-refractivity contribution in [3.05, 3.63) is 34.9 Å². The van der Waals surface area contributed by atoms with Crippen LogP contribution in [0.15, 0.2) is 24.3 Å². The third-order valence-electron chi connectivity index (χ3n) is 4.73. The van der Waals surface area contributed by atoms with Crippen LogP contribution in [0.25, 0.3) is 0 Å². The number of urea groups is 1. The number of hydrogen-bond donors (Lipinski definition) is 2. The van der Waals surface area contributed by atoms with E-state index in [0.717, 1.165) is 44.5 Å². The Morgan fingerprint density at radius 3 is 2.76 bits per heavy atom. The lowest BCUT2D eigenvalue weighted by atomic mass is 10.0. The summed E-state index contributed by atoms with van der Waals surface area (Å²) in [5.74, 6) is 0. The van der Waals surface area contributed by atoms with Gasteiger partial charge in [-0.1, -0.05) is 23.7 Å². The zero-order valence-electron chi connectivity index (χ0n) is 15.4. The Hall–Kier alpha value is -1.30. The smallest absolute Gasteiger partial charge is 0.317 e. The number of halogens is 1. The fraction of sp³-hybridized carbons (Fsp3) is 0.632. The SMILES string of the molecule is CCNC(=O)N(Cc1cccc(Cl)c1)C1CCN(CCC(C)N)CC1. The molecule has 2 amide bonds. The molecule has 6 heteroatoms. The second-order valence-corrected chi connectivity index (χ2v) is 7.37. The summed E-state index contributed by atoms with van der Waals surface area (Å²) >= 11 is 6.10. The van der Waals surface area contributed by atoms with Crippen LogP contribution in [0, 0.1) is 0 Å². The van der Waals surface area contributed by atoms with Gasteiger partial charge in [0.2, 0.25) is 0 Å². The lowest BCUT2D eigenvalue weighted by Gasteiger charge is -2.38. The van der Waals surface area contributed by atoms with Gasteiger partial charge in [0.05, 0.1) is 0 Å². The molecule has 1 unspecified atom stereocenters. The molecule has 1 aliphatic heterocycles. The summed E-state index contributed by atoms with van der Waals surface area (Å²) in [6, 6.07) is 8.27. The van der Waals surface area contributed by atoms with Crippen molar-refractivity contribution in [1.29, 1.82) is 0 Å². The van der Waals surface area contributed by atoms with Crippen LogP contribution in [0.1, 0.15) is 38.7 Å². The van der Waals surface area contributed by atoms with Gasteiger partial charge in [-0.3, -0.25) is 0 Å². The number of nitrogens with two attached hydrogens (primary N) is 1. The topological polar surface area (TPSA) is 61.6 Å². The number of likely N-dealkylation sites (tertiary alicyclic amines) is 1. The Morgan fingerprint density at radius 2 is 2.16 bits per heavy atom. The molecule has 0 radical (unpaired) electrons. The van der Waals surface area contributed by atoms with Crippen LogP contribution in [0.2, 0.25) is 5.02 Å². The molecule has 1 aromatic carbocycles. The summed E-state index contributed by atoms with van der Waals surface area (Å²) in [6.45, 7) is 8.31. The summed E-state index contributed by atoms with van der Waals surface area (Å²) in [7, 11) is 0. The van der Waals surface area contributed by atoms with Crippen LogP contribution in [0.5, 0.6) is 0 Å². The highest BCUT2D eigenvalue weighted by Gasteiger charge is 2.27. The number of rotatable bonds is 7. The second-order valence-electron chi connectivity index (χ2n) is 6.93. The van der Waals surface area contributed by atoms with E-state index in [4.69, 9.17) is 17.3 Å². The highest BCUT2D eigenvalue weighted by molar-refractivity contribution is 6.30. The summed E-state index contributed by atoms with van der Waals surface area (Å²) in [5, 5.41) is 3.66. The molecule has 0 aromatic heterocycles. The summed E-state index contributed by atoms with van der Waals surface area (Å²) < 4.78 is 0.